The molecule has 0 amide bonds. The zero-order valence-electron chi connectivity index (χ0n) is 13.5. The van der Waals surface area contributed by atoms with E-state index in [1.54, 1.807) is 0 Å². The van der Waals surface area contributed by atoms with E-state index in [-0.39, 0.29) is 22.8 Å². The third-order valence-electron chi connectivity index (χ3n) is 4.19. The van der Waals surface area contributed by atoms with Crippen LogP contribution in [-0.2, 0) is 21.0 Å². The molecule has 1 aliphatic rings. The molecule has 118 valence electrons. The first-order valence-electron chi connectivity index (χ1n) is 7.64. The van der Waals surface area contributed by atoms with Crippen LogP contribution in [0.15, 0.2) is 24.3 Å². The highest BCUT2D eigenvalue weighted by Gasteiger charge is 2.30. The van der Waals surface area contributed by atoms with Crippen molar-refractivity contribution in [2.45, 2.75) is 56.9 Å². The monoisotopic (exact) mass is 309 g/mol. The van der Waals surface area contributed by atoms with Gasteiger partial charge in [0.25, 0.3) is 0 Å². The number of ether oxygens (including phenoxy) is 1. The Balaban J connectivity index is 2.00. The molecule has 3 nitrogen and oxygen atoms in total. The summed E-state index contributed by atoms with van der Waals surface area (Å²) in [7, 11) is -0.928. The van der Waals surface area contributed by atoms with E-state index in [1.807, 2.05) is 6.92 Å². The molecule has 1 heterocycles. The third kappa shape index (κ3) is 4.15. The van der Waals surface area contributed by atoms with Gasteiger partial charge in [-0.05, 0) is 29.9 Å². The minimum atomic E-state index is -0.928. The normalized spacial score (nSPS) is 25.8. The van der Waals surface area contributed by atoms with E-state index in [0.717, 1.165) is 12.0 Å². The van der Waals surface area contributed by atoms with E-state index in [4.69, 9.17) is 10.5 Å². The van der Waals surface area contributed by atoms with Crippen LogP contribution in [0.3, 0.4) is 0 Å². The van der Waals surface area contributed by atoms with Gasteiger partial charge in [0.15, 0.2) is 0 Å². The predicted molar refractivity (Wildman–Crippen MR) is 88.9 cm³/mol. The second kappa shape index (κ2) is 6.59. The van der Waals surface area contributed by atoms with Crippen molar-refractivity contribution in [3.63, 3.8) is 0 Å². The molecular formula is C17H27NO2S. The minimum Gasteiger partial charge on any atom is -0.377 e. The van der Waals surface area contributed by atoms with Gasteiger partial charge in [-0.3, -0.25) is 4.21 Å². The first-order chi connectivity index (χ1) is 9.79. The van der Waals surface area contributed by atoms with Crippen LogP contribution in [0.1, 0.15) is 51.3 Å². The van der Waals surface area contributed by atoms with Gasteiger partial charge in [-0.25, -0.2) is 0 Å². The maximum absolute atomic E-state index is 12.4. The first kappa shape index (κ1) is 16.7. The average molecular weight is 309 g/mol. The van der Waals surface area contributed by atoms with Crippen molar-refractivity contribution in [3.8, 4) is 0 Å². The molecule has 2 N–H and O–H groups in total. The van der Waals surface area contributed by atoms with Crippen molar-refractivity contribution in [1.29, 1.82) is 0 Å². The van der Waals surface area contributed by atoms with Crippen molar-refractivity contribution < 1.29 is 8.95 Å². The largest absolute Gasteiger partial charge is 0.377 e. The molecule has 4 atom stereocenters. The fraction of sp³-hybridized carbons (Fsp3) is 0.647. The number of hydrogen-bond donors (Lipinski definition) is 1. The van der Waals surface area contributed by atoms with E-state index < -0.39 is 10.8 Å². The summed E-state index contributed by atoms with van der Waals surface area (Å²) >= 11 is 0. The minimum absolute atomic E-state index is 0.0845. The van der Waals surface area contributed by atoms with Crippen LogP contribution in [0.25, 0.3) is 0 Å². The molecule has 4 unspecified atom stereocenters. The summed E-state index contributed by atoms with van der Waals surface area (Å²) in [5.41, 5.74) is 8.72. The quantitative estimate of drug-likeness (QED) is 0.930. The molecule has 21 heavy (non-hydrogen) atoms. The Morgan fingerprint density at radius 1 is 1.33 bits per heavy atom. The van der Waals surface area contributed by atoms with Crippen molar-refractivity contribution in [3.05, 3.63) is 35.4 Å². The Labute approximate surface area is 130 Å². The summed E-state index contributed by atoms with van der Waals surface area (Å²) in [4.78, 5) is 0. The van der Waals surface area contributed by atoms with Crippen LogP contribution >= 0.6 is 0 Å². The number of rotatable bonds is 4. The Bertz CT molecular complexity index is 493. The van der Waals surface area contributed by atoms with Crippen LogP contribution in [0.4, 0.5) is 0 Å². The number of nitrogens with two attached hydrogens (primary N) is 1. The molecule has 0 radical (unpaired) electrons. The summed E-state index contributed by atoms with van der Waals surface area (Å²) in [6.07, 6.45) is 0.963. The van der Waals surface area contributed by atoms with E-state index in [0.29, 0.717) is 12.4 Å². The van der Waals surface area contributed by atoms with E-state index in [1.165, 1.54) is 5.56 Å². The van der Waals surface area contributed by atoms with Crippen molar-refractivity contribution in [2.24, 2.45) is 5.73 Å². The van der Waals surface area contributed by atoms with Gasteiger partial charge in [-0.15, -0.1) is 0 Å². The van der Waals surface area contributed by atoms with Crippen molar-refractivity contribution in [2.75, 3.05) is 12.4 Å². The summed E-state index contributed by atoms with van der Waals surface area (Å²) in [6, 6.07) is 8.21. The fourth-order valence-corrected chi connectivity index (χ4v) is 4.34. The summed E-state index contributed by atoms with van der Waals surface area (Å²) in [6.45, 7) is 9.29. The Morgan fingerprint density at radius 3 is 2.43 bits per heavy atom. The number of benzene rings is 1. The zero-order chi connectivity index (χ0) is 15.6. The highest BCUT2D eigenvalue weighted by atomic mass is 32.2. The fourth-order valence-electron chi connectivity index (χ4n) is 2.68. The van der Waals surface area contributed by atoms with Gasteiger partial charge in [-0.1, -0.05) is 45.0 Å². The van der Waals surface area contributed by atoms with Gasteiger partial charge in [0.2, 0.25) is 0 Å². The van der Waals surface area contributed by atoms with Crippen LogP contribution in [-0.4, -0.2) is 27.9 Å². The van der Waals surface area contributed by atoms with Crippen molar-refractivity contribution in [1.82, 2.24) is 0 Å². The summed E-state index contributed by atoms with van der Waals surface area (Å²) in [5.74, 6) is 0.507. The van der Waals surface area contributed by atoms with Crippen LogP contribution in [0.5, 0.6) is 0 Å². The molecule has 1 fully saturated rings. The maximum Gasteiger partial charge on any atom is 0.0691 e. The molecule has 1 aliphatic heterocycles. The average Bonchev–Trinajstić information content (AvgIpc) is 2.84. The second-order valence-corrected chi connectivity index (χ2v) is 8.63. The lowest BCUT2D eigenvalue weighted by Gasteiger charge is -2.21. The first-order valence-corrected chi connectivity index (χ1v) is 9.02. The molecule has 2 rings (SSSR count). The molecular weight excluding hydrogens is 282 g/mol. The molecule has 0 bridgehead atoms. The highest BCUT2D eigenvalue weighted by Crippen LogP contribution is 2.25. The number of hydrogen-bond acceptors (Lipinski definition) is 3. The zero-order valence-corrected chi connectivity index (χ0v) is 14.3. The smallest absolute Gasteiger partial charge is 0.0691 e. The van der Waals surface area contributed by atoms with Gasteiger partial charge in [0.1, 0.15) is 0 Å². The molecule has 4 heteroatoms. The second-order valence-electron chi connectivity index (χ2n) is 6.93. The van der Waals surface area contributed by atoms with Gasteiger partial charge in [0.05, 0.1) is 11.4 Å². The van der Waals surface area contributed by atoms with Crippen LogP contribution in [0, 0.1) is 0 Å². The van der Waals surface area contributed by atoms with Gasteiger partial charge in [-0.2, -0.15) is 0 Å². The highest BCUT2D eigenvalue weighted by molar-refractivity contribution is 7.85. The molecule has 0 spiro atoms. The Hall–Kier alpha value is -0.710. The van der Waals surface area contributed by atoms with Gasteiger partial charge in [0, 0.05) is 29.2 Å². The summed E-state index contributed by atoms with van der Waals surface area (Å²) in [5, 5.41) is 0.130. The third-order valence-corrected chi connectivity index (χ3v) is 6.18. The SMILES string of the molecule is CC1OCCC1S(=O)CC(N)c1ccc(C(C)(C)C)cc1. The molecule has 0 aromatic heterocycles. The molecule has 1 aromatic carbocycles. The van der Waals surface area contributed by atoms with E-state index in [2.05, 4.69) is 45.0 Å². The maximum atomic E-state index is 12.4. The Morgan fingerprint density at radius 2 is 1.95 bits per heavy atom. The summed E-state index contributed by atoms with van der Waals surface area (Å²) < 4.78 is 17.9. The van der Waals surface area contributed by atoms with E-state index >= 15 is 0 Å². The van der Waals surface area contributed by atoms with Crippen LogP contribution in [0.2, 0.25) is 0 Å². The predicted octanol–water partition coefficient (Wildman–Crippen LogP) is 2.91. The Kier molecular flexibility index (Phi) is 5.23. The van der Waals surface area contributed by atoms with Gasteiger partial charge >= 0.3 is 0 Å². The molecule has 1 saturated heterocycles. The molecule has 0 saturated carbocycles. The standard InChI is InChI=1S/C17H27NO2S/c1-12-16(9-10-20-12)21(19)11-15(18)13-5-7-14(8-6-13)17(2,3)4/h5-8,12,15-16H,9-11,18H2,1-4H3. The molecule has 1 aromatic rings. The van der Waals surface area contributed by atoms with E-state index in [9.17, 15) is 4.21 Å². The molecule has 0 aliphatic carbocycles. The lowest BCUT2D eigenvalue weighted by atomic mass is 9.86. The topological polar surface area (TPSA) is 52.3 Å². The lowest BCUT2D eigenvalue weighted by molar-refractivity contribution is 0.127. The van der Waals surface area contributed by atoms with Gasteiger partial charge < -0.3 is 10.5 Å². The lowest BCUT2D eigenvalue weighted by Crippen LogP contribution is -2.29. The van der Waals surface area contributed by atoms with Crippen LogP contribution < -0.4 is 5.73 Å². The van der Waals surface area contributed by atoms with Crippen molar-refractivity contribution >= 4 is 10.8 Å².